The lowest BCUT2D eigenvalue weighted by molar-refractivity contribution is 0.0983. The quantitative estimate of drug-likeness (QED) is 0.804. The molecule has 0 spiro atoms. The Morgan fingerprint density at radius 1 is 1.11 bits per heavy atom. The second-order valence-corrected chi connectivity index (χ2v) is 6.31. The fourth-order valence-corrected chi connectivity index (χ4v) is 3.81. The Balaban J connectivity index is 1.75. The largest absolute Gasteiger partial charge is 0.306 e. The van der Waals surface area contributed by atoms with Crippen LogP contribution in [0.5, 0.6) is 0 Å². The van der Waals surface area contributed by atoms with E-state index < -0.39 is 0 Å². The van der Waals surface area contributed by atoms with Crippen LogP contribution in [0.2, 0.25) is 0 Å². The Morgan fingerprint density at radius 3 is 2.63 bits per heavy atom. The number of fused-ring (bicyclic) bond motifs is 1. The van der Waals surface area contributed by atoms with Gasteiger partial charge in [-0.2, -0.15) is 0 Å². The van der Waals surface area contributed by atoms with Gasteiger partial charge in [0.2, 0.25) is 0 Å². The van der Waals surface area contributed by atoms with Crippen LogP contribution < -0.4 is 0 Å². The number of likely N-dealkylation sites (tertiary alicyclic amines) is 1. The van der Waals surface area contributed by atoms with Gasteiger partial charge in [0.1, 0.15) is 0 Å². The zero-order chi connectivity index (χ0) is 13.2. The Kier molecular flexibility index (Phi) is 3.90. The fourth-order valence-electron chi connectivity index (χ4n) is 3.81. The lowest BCUT2D eigenvalue weighted by Gasteiger charge is -2.41. The van der Waals surface area contributed by atoms with E-state index in [1.54, 1.807) is 11.1 Å². The predicted octanol–water partition coefficient (Wildman–Crippen LogP) is 3.09. The molecule has 2 aliphatic rings. The van der Waals surface area contributed by atoms with E-state index in [0.29, 0.717) is 6.04 Å². The first-order valence-electron chi connectivity index (χ1n) is 7.74. The molecule has 2 nitrogen and oxygen atoms in total. The van der Waals surface area contributed by atoms with Crippen molar-refractivity contribution in [1.82, 2.24) is 9.80 Å². The summed E-state index contributed by atoms with van der Waals surface area (Å²) in [4.78, 5) is 5.13. The molecule has 0 amide bonds. The normalized spacial score (nSPS) is 25.5. The van der Waals surface area contributed by atoms with E-state index in [4.69, 9.17) is 0 Å². The Bertz CT molecular complexity index is 421. The van der Waals surface area contributed by atoms with Crippen molar-refractivity contribution in [1.29, 1.82) is 0 Å². The van der Waals surface area contributed by atoms with E-state index in [9.17, 15) is 0 Å². The molecular formula is C17H26N2. The Morgan fingerprint density at radius 2 is 1.84 bits per heavy atom. The Hall–Kier alpha value is -0.860. The molecule has 3 rings (SSSR count). The first kappa shape index (κ1) is 13.1. The van der Waals surface area contributed by atoms with Crippen LogP contribution in [0.25, 0.3) is 0 Å². The maximum absolute atomic E-state index is 2.67. The molecule has 1 atom stereocenters. The first-order valence-corrected chi connectivity index (χ1v) is 7.74. The average molecular weight is 258 g/mol. The van der Waals surface area contributed by atoms with Gasteiger partial charge < -0.3 is 4.90 Å². The van der Waals surface area contributed by atoms with E-state index in [1.165, 1.54) is 45.2 Å². The maximum Gasteiger partial charge on any atom is 0.0350 e. The van der Waals surface area contributed by atoms with Crippen LogP contribution in [0.3, 0.4) is 0 Å². The summed E-state index contributed by atoms with van der Waals surface area (Å²) in [5, 5.41) is 0. The molecule has 19 heavy (non-hydrogen) atoms. The summed E-state index contributed by atoms with van der Waals surface area (Å²) in [6, 6.07) is 10.5. The van der Waals surface area contributed by atoms with Gasteiger partial charge in [-0.1, -0.05) is 24.3 Å². The molecule has 0 aromatic heterocycles. The molecule has 1 unspecified atom stereocenters. The first-order chi connectivity index (χ1) is 9.25. The molecular weight excluding hydrogens is 232 g/mol. The highest BCUT2D eigenvalue weighted by Crippen LogP contribution is 2.35. The van der Waals surface area contributed by atoms with E-state index in [2.05, 4.69) is 48.2 Å². The van der Waals surface area contributed by atoms with Crippen molar-refractivity contribution in [2.45, 2.75) is 44.2 Å². The number of benzene rings is 1. The van der Waals surface area contributed by atoms with Gasteiger partial charge in [-0.15, -0.1) is 0 Å². The molecule has 1 fully saturated rings. The molecule has 0 N–H and O–H groups in total. The van der Waals surface area contributed by atoms with Gasteiger partial charge in [0.25, 0.3) is 0 Å². The van der Waals surface area contributed by atoms with Gasteiger partial charge >= 0.3 is 0 Å². The maximum atomic E-state index is 2.67. The standard InChI is InChI=1S/C17H26N2/c1-18-12-10-15(11-13-18)19(2)17-9-5-7-14-6-3-4-8-16(14)17/h3-4,6,8,15,17H,5,7,9-13H2,1-2H3. The molecule has 1 aromatic rings. The van der Waals surface area contributed by atoms with Gasteiger partial charge in [-0.05, 0) is 70.4 Å². The van der Waals surface area contributed by atoms with Crippen LogP contribution in [-0.2, 0) is 6.42 Å². The lowest BCUT2D eigenvalue weighted by atomic mass is 9.85. The van der Waals surface area contributed by atoms with Crippen LogP contribution in [0.1, 0.15) is 42.9 Å². The monoisotopic (exact) mass is 258 g/mol. The Labute approximate surface area is 117 Å². The number of nitrogens with zero attached hydrogens (tertiary/aromatic N) is 2. The van der Waals surface area contributed by atoms with Crippen LogP contribution >= 0.6 is 0 Å². The highest BCUT2D eigenvalue weighted by Gasteiger charge is 2.29. The molecule has 1 saturated heterocycles. The number of piperidine rings is 1. The predicted molar refractivity (Wildman–Crippen MR) is 80.4 cm³/mol. The minimum atomic E-state index is 0.651. The van der Waals surface area contributed by atoms with Crippen molar-refractivity contribution in [3.8, 4) is 0 Å². The van der Waals surface area contributed by atoms with Crippen molar-refractivity contribution in [3.05, 3.63) is 35.4 Å². The number of rotatable bonds is 2. The zero-order valence-corrected chi connectivity index (χ0v) is 12.3. The summed E-state index contributed by atoms with van der Waals surface area (Å²) in [7, 11) is 4.59. The third-order valence-electron chi connectivity index (χ3n) is 5.09. The third kappa shape index (κ3) is 2.70. The highest BCUT2D eigenvalue weighted by atomic mass is 15.2. The van der Waals surface area contributed by atoms with Crippen molar-refractivity contribution < 1.29 is 0 Å². The van der Waals surface area contributed by atoms with Gasteiger partial charge in [-0.25, -0.2) is 0 Å². The topological polar surface area (TPSA) is 6.48 Å². The lowest BCUT2D eigenvalue weighted by Crippen LogP contribution is -2.44. The van der Waals surface area contributed by atoms with Gasteiger partial charge in [0.05, 0.1) is 0 Å². The van der Waals surface area contributed by atoms with Crippen molar-refractivity contribution in [2.24, 2.45) is 0 Å². The molecule has 1 aliphatic heterocycles. The minimum Gasteiger partial charge on any atom is -0.306 e. The second-order valence-electron chi connectivity index (χ2n) is 6.31. The summed E-state index contributed by atoms with van der Waals surface area (Å²) in [6.07, 6.45) is 6.60. The van der Waals surface area contributed by atoms with Crippen LogP contribution in [0.4, 0.5) is 0 Å². The summed E-state index contributed by atoms with van der Waals surface area (Å²) < 4.78 is 0. The van der Waals surface area contributed by atoms with E-state index >= 15 is 0 Å². The molecule has 104 valence electrons. The van der Waals surface area contributed by atoms with Crippen LogP contribution in [0, 0.1) is 0 Å². The number of hydrogen-bond acceptors (Lipinski definition) is 2. The summed E-state index contributed by atoms with van der Waals surface area (Å²) in [5.74, 6) is 0. The van der Waals surface area contributed by atoms with Gasteiger partial charge in [0, 0.05) is 12.1 Å². The third-order valence-corrected chi connectivity index (χ3v) is 5.09. The number of hydrogen-bond donors (Lipinski definition) is 0. The van der Waals surface area contributed by atoms with Crippen LogP contribution in [-0.4, -0.2) is 43.0 Å². The van der Waals surface area contributed by atoms with E-state index in [1.807, 2.05) is 0 Å². The molecule has 1 aliphatic carbocycles. The zero-order valence-electron chi connectivity index (χ0n) is 12.3. The van der Waals surface area contributed by atoms with E-state index in [-0.39, 0.29) is 0 Å². The number of aryl methyl sites for hydroxylation is 1. The minimum absolute atomic E-state index is 0.651. The molecule has 1 heterocycles. The SMILES string of the molecule is CN1CCC(N(C)C2CCCc3ccccc32)CC1. The summed E-state index contributed by atoms with van der Waals surface area (Å²) >= 11 is 0. The van der Waals surface area contributed by atoms with Crippen molar-refractivity contribution >= 4 is 0 Å². The molecule has 0 saturated carbocycles. The molecule has 1 aromatic carbocycles. The molecule has 0 bridgehead atoms. The fraction of sp³-hybridized carbons (Fsp3) is 0.647. The second kappa shape index (κ2) is 5.64. The van der Waals surface area contributed by atoms with Crippen molar-refractivity contribution in [2.75, 3.05) is 27.2 Å². The molecule has 2 heteroatoms. The molecule has 0 radical (unpaired) electrons. The average Bonchev–Trinajstić information content (AvgIpc) is 2.47. The smallest absolute Gasteiger partial charge is 0.0350 e. The van der Waals surface area contributed by atoms with Crippen LogP contribution in [0.15, 0.2) is 24.3 Å². The highest BCUT2D eigenvalue weighted by molar-refractivity contribution is 5.32. The van der Waals surface area contributed by atoms with E-state index in [0.717, 1.165) is 6.04 Å². The van der Waals surface area contributed by atoms with Gasteiger partial charge in [-0.3, -0.25) is 4.90 Å². The summed E-state index contributed by atoms with van der Waals surface area (Å²) in [5.41, 5.74) is 3.17. The summed E-state index contributed by atoms with van der Waals surface area (Å²) in [6.45, 7) is 2.51. The van der Waals surface area contributed by atoms with Crippen molar-refractivity contribution in [3.63, 3.8) is 0 Å². The van der Waals surface area contributed by atoms with Gasteiger partial charge in [0.15, 0.2) is 0 Å².